The average Bonchev–Trinajstić information content (AvgIpc) is 3.09. The molecule has 0 atom stereocenters. The van der Waals surface area contributed by atoms with Gasteiger partial charge in [0.05, 0.1) is 17.3 Å². The van der Waals surface area contributed by atoms with Crippen molar-refractivity contribution < 1.29 is 18.3 Å². The third kappa shape index (κ3) is 4.26. The summed E-state index contributed by atoms with van der Waals surface area (Å²) in [5.74, 6) is 0.681. The van der Waals surface area contributed by atoms with Gasteiger partial charge in [-0.1, -0.05) is 11.8 Å². The zero-order chi connectivity index (χ0) is 17.8. The first kappa shape index (κ1) is 17.6. The summed E-state index contributed by atoms with van der Waals surface area (Å²) < 4.78 is 24.3. The maximum atomic E-state index is 12.9. The summed E-state index contributed by atoms with van der Waals surface area (Å²) in [6, 6.07) is 10.9. The van der Waals surface area contributed by atoms with E-state index in [0.717, 1.165) is 11.8 Å². The minimum absolute atomic E-state index is 0.0742. The smallest absolute Gasteiger partial charge is 0.277 e. The third-order valence-electron chi connectivity index (χ3n) is 3.30. The highest BCUT2D eigenvalue weighted by atomic mass is 79.9. The molecule has 5 nitrogen and oxygen atoms in total. The van der Waals surface area contributed by atoms with Gasteiger partial charge in [0.2, 0.25) is 5.89 Å². The Morgan fingerprint density at radius 3 is 2.68 bits per heavy atom. The van der Waals surface area contributed by atoms with Crippen LogP contribution >= 0.6 is 27.7 Å². The molecule has 0 aliphatic carbocycles. The van der Waals surface area contributed by atoms with Crippen molar-refractivity contribution in [2.24, 2.45) is 0 Å². The second-order valence-electron chi connectivity index (χ2n) is 4.94. The van der Waals surface area contributed by atoms with Crippen LogP contribution in [0, 0.1) is 5.82 Å². The Kier molecular flexibility index (Phi) is 5.50. The number of ketones is 1. The van der Waals surface area contributed by atoms with E-state index in [2.05, 4.69) is 26.1 Å². The Labute approximate surface area is 155 Å². The van der Waals surface area contributed by atoms with Gasteiger partial charge in [-0.25, -0.2) is 4.39 Å². The highest BCUT2D eigenvalue weighted by molar-refractivity contribution is 9.10. The quantitative estimate of drug-likeness (QED) is 0.426. The first-order valence-electron chi connectivity index (χ1n) is 7.16. The Morgan fingerprint density at radius 1 is 1.24 bits per heavy atom. The first-order valence-corrected chi connectivity index (χ1v) is 8.93. The van der Waals surface area contributed by atoms with Crippen molar-refractivity contribution >= 4 is 33.5 Å². The molecular formula is C17H12BrFN2O3S. The summed E-state index contributed by atoms with van der Waals surface area (Å²) in [5, 5.41) is 8.08. The lowest BCUT2D eigenvalue weighted by molar-refractivity contribution is 0.102. The van der Waals surface area contributed by atoms with E-state index in [4.69, 9.17) is 9.15 Å². The van der Waals surface area contributed by atoms with Crippen LogP contribution < -0.4 is 4.74 Å². The number of hydrogen-bond donors (Lipinski definition) is 0. The number of methoxy groups -OCH3 is 1. The number of aromatic nitrogens is 2. The monoisotopic (exact) mass is 422 g/mol. The van der Waals surface area contributed by atoms with Gasteiger partial charge in [0.15, 0.2) is 5.78 Å². The number of carbonyl (C=O) groups excluding carboxylic acids is 1. The van der Waals surface area contributed by atoms with Gasteiger partial charge in [-0.05, 0) is 58.4 Å². The zero-order valence-electron chi connectivity index (χ0n) is 13.0. The number of Topliss-reactive ketones (excluding diaryl/α,β-unsaturated/α-hetero) is 1. The van der Waals surface area contributed by atoms with Gasteiger partial charge in [-0.3, -0.25) is 4.79 Å². The van der Waals surface area contributed by atoms with Crippen LogP contribution in [-0.2, 0) is 0 Å². The Hall–Kier alpha value is -2.19. The van der Waals surface area contributed by atoms with Crippen LogP contribution in [-0.4, -0.2) is 28.8 Å². The van der Waals surface area contributed by atoms with Crippen LogP contribution in [0.5, 0.6) is 5.75 Å². The Balaban J connectivity index is 1.65. The van der Waals surface area contributed by atoms with Gasteiger partial charge in [0, 0.05) is 11.1 Å². The molecule has 0 radical (unpaired) electrons. The fourth-order valence-corrected chi connectivity index (χ4v) is 3.23. The molecule has 0 saturated carbocycles. The molecule has 25 heavy (non-hydrogen) atoms. The molecule has 3 rings (SSSR count). The number of rotatable bonds is 6. The standard InChI is InChI=1S/C17H12BrFN2O3S/c1-23-15-7-4-11(8-13(15)18)14(22)9-25-17-21-20-16(24-17)10-2-5-12(19)6-3-10/h2-8H,9H2,1H3. The lowest BCUT2D eigenvalue weighted by atomic mass is 10.1. The largest absolute Gasteiger partial charge is 0.496 e. The minimum Gasteiger partial charge on any atom is -0.496 e. The molecule has 128 valence electrons. The molecule has 0 spiro atoms. The van der Waals surface area contributed by atoms with E-state index in [1.807, 2.05) is 0 Å². The lowest BCUT2D eigenvalue weighted by Crippen LogP contribution is -2.02. The van der Waals surface area contributed by atoms with Gasteiger partial charge < -0.3 is 9.15 Å². The summed E-state index contributed by atoms with van der Waals surface area (Å²) >= 11 is 4.50. The number of hydrogen-bond acceptors (Lipinski definition) is 6. The fraction of sp³-hybridized carbons (Fsp3) is 0.118. The van der Waals surface area contributed by atoms with Crippen molar-refractivity contribution in [3.8, 4) is 17.2 Å². The zero-order valence-corrected chi connectivity index (χ0v) is 15.4. The number of thioether (sulfide) groups is 1. The Bertz CT molecular complexity index is 899. The SMILES string of the molecule is COc1ccc(C(=O)CSc2nnc(-c3ccc(F)cc3)o2)cc1Br. The third-order valence-corrected chi connectivity index (χ3v) is 4.74. The van der Waals surface area contributed by atoms with Crippen LogP contribution in [0.4, 0.5) is 4.39 Å². The van der Waals surface area contributed by atoms with Crippen molar-refractivity contribution in [1.29, 1.82) is 0 Å². The van der Waals surface area contributed by atoms with Gasteiger partial charge in [-0.2, -0.15) is 0 Å². The van der Waals surface area contributed by atoms with Crippen molar-refractivity contribution in [2.45, 2.75) is 5.22 Å². The molecule has 0 unspecified atom stereocenters. The molecular weight excluding hydrogens is 411 g/mol. The highest BCUT2D eigenvalue weighted by Gasteiger charge is 2.13. The molecule has 0 amide bonds. The highest BCUT2D eigenvalue weighted by Crippen LogP contribution is 2.27. The van der Waals surface area contributed by atoms with Crippen molar-refractivity contribution in [3.63, 3.8) is 0 Å². The number of ether oxygens (including phenoxy) is 1. The van der Waals surface area contributed by atoms with Crippen molar-refractivity contribution in [3.05, 3.63) is 58.3 Å². The summed E-state index contributed by atoms with van der Waals surface area (Å²) in [4.78, 5) is 12.3. The molecule has 0 saturated heterocycles. The second-order valence-corrected chi connectivity index (χ2v) is 6.72. The normalized spacial score (nSPS) is 10.7. The molecule has 1 heterocycles. The molecule has 0 aliphatic rings. The van der Waals surface area contributed by atoms with E-state index in [-0.39, 0.29) is 28.5 Å². The van der Waals surface area contributed by atoms with E-state index in [1.165, 1.54) is 12.1 Å². The van der Waals surface area contributed by atoms with Crippen molar-refractivity contribution in [1.82, 2.24) is 10.2 Å². The van der Waals surface area contributed by atoms with E-state index < -0.39 is 0 Å². The van der Waals surface area contributed by atoms with Crippen LogP contribution in [0.2, 0.25) is 0 Å². The van der Waals surface area contributed by atoms with Crippen LogP contribution in [0.25, 0.3) is 11.5 Å². The van der Waals surface area contributed by atoms with Gasteiger partial charge in [-0.15, -0.1) is 10.2 Å². The number of halogens is 2. The maximum Gasteiger partial charge on any atom is 0.277 e. The molecule has 2 aromatic carbocycles. The van der Waals surface area contributed by atoms with Crippen LogP contribution in [0.3, 0.4) is 0 Å². The summed E-state index contributed by atoms with van der Waals surface area (Å²) in [5.41, 5.74) is 1.17. The average molecular weight is 423 g/mol. The van der Waals surface area contributed by atoms with Gasteiger partial charge in [0.25, 0.3) is 5.22 Å². The van der Waals surface area contributed by atoms with Gasteiger partial charge >= 0.3 is 0 Å². The molecule has 0 N–H and O–H groups in total. The van der Waals surface area contributed by atoms with E-state index >= 15 is 0 Å². The number of carbonyl (C=O) groups is 1. The topological polar surface area (TPSA) is 65.2 Å². The summed E-state index contributed by atoms with van der Waals surface area (Å²) in [7, 11) is 1.56. The fourth-order valence-electron chi connectivity index (χ4n) is 2.03. The maximum absolute atomic E-state index is 12.9. The Morgan fingerprint density at radius 2 is 2.00 bits per heavy atom. The minimum atomic E-state index is -0.339. The molecule has 3 aromatic rings. The van der Waals surface area contributed by atoms with E-state index in [1.54, 1.807) is 37.4 Å². The lowest BCUT2D eigenvalue weighted by Gasteiger charge is -2.05. The molecule has 0 aliphatic heterocycles. The molecule has 1 aromatic heterocycles. The van der Waals surface area contributed by atoms with E-state index in [9.17, 15) is 9.18 Å². The second kappa shape index (κ2) is 7.79. The van der Waals surface area contributed by atoms with Gasteiger partial charge in [0.1, 0.15) is 11.6 Å². The summed E-state index contributed by atoms with van der Waals surface area (Å²) in [6.45, 7) is 0. The number of nitrogens with zero attached hydrogens (tertiary/aromatic N) is 2. The first-order chi connectivity index (χ1) is 12.1. The van der Waals surface area contributed by atoms with E-state index in [0.29, 0.717) is 21.3 Å². The number of benzene rings is 2. The summed E-state index contributed by atoms with van der Waals surface area (Å²) in [6.07, 6.45) is 0. The van der Waals surface area contributed by atoms with Crippen LogP contribution in [0.15, 0.2) is 56.6 Å². The predicted molar refractivity (Wildman–Crippen MR) is 95.4 cm³/mol. The molecule has 0 bridgehead atoms. The molecule has 8 heteroatoms. The predicted octanol–water partition coefficient (Wildman–Crippen LogP) is 4.62. The van der Waals surface area contributed by atoms with Crippen LogP contribution in [0.1, 0.15) is 10.4 Å². The van der Waals surface area contributed by atoms with Crippen molar-refractivity contribution in [2.75, 3.05) is 12.9 Å². The molecule has 0 fully saturated rings.